The molecule has 0 heterocycles. The Bertz CT molecular complexity index is 495. The third kappa shape index (κ3) is 2.06. The van der Waals surface area contributed by atoms with Crippen molar-refractivity contribution in [2.75, 3.05) is 0 Å². The molecule has 4 rings (SSSR count). The highest BCUT2D eigenvalue weighted by atomic mass is 16.5. The van der Waals surface area contributed by atoms with Crippen LogP contribution in [0.2, 0.25) is 0 Å². The highest BCUT2D eigenvalue weighted by molar-refractivity contribution is 5.72. The van der Waals surface area contributed by atoms with Gasteiger partial charge in [-0.3, -0.25) is 4.79 Å². The molecule has 0 aliphatic heterocycles. The van der Waals surface area contributed by atoms with Crippen molar-refractivity contribution in [1.82, 2.24) is 0 Å². The van der Waals surface area contributed by atoms with E-state index in [1.54, 1.807) is 0 Å². The summed E-state index contributed by atoms with van der Waals surface area (Å²) in [5.74, 6) is 3.31. The van der Waals surface area contributed by atoms with Crippen molar-refractivity contribution >= 4 is 5.97 Å². The van der Waals surface area contributed by atoms with Gasteiger partial charge in [0.2, 0.25) is 0 Å². The Morgan fingerprint density at radius 2 is 1.85 bits per heavy atom. The molecule has 2 heteroatoms. The van der Waals surface area contributed by atoms with Gasteiger partial charge in [0.1, 0.15) is 6.10 Å². The average Bonchev–Trinajstić information content (AvgIpc) is 3.11. The molecule has 0 amide bonds. The van der Waals surface area contributed by atoms with Gasteiger partial charge >= 0.3 is 5.97 Å². The molecule has 3 aliphatic rings. The van der Waals surface area contributed by atoms with Crippen LogP contribution in [-0.2, 0) is 16.0 Å². The molecule has 5 atom stereocenters. The fourth-order valence-electron chi connectivity index (χ4n) is 5.11. The zero-order chi connectivity index (χ0) is 13.5. The number of carbonyl (C=O) groups is 1. The van der Waals surface area contributed by atoms with E-state index >= 15 is 0 Å². The van der Waals surface area contributed by atoms with Crippen LogP contribution >= 0.6 is 0 Å². The molecule has 0 saturated heterocycles. The molecule has 3 saturated carbocycles. The van der Waals surface area contributed by atoms with Crippen LogP contribution in [0.4, 0.5) is 0 Å². The Balaban J connectivity index is 1.37. The summed E-state index contributed by atoms with van der Waals surface area (Å²) in [6.07, 6.45) is 7.28. The van der Waals surface area contributed by atoms with Crippen molar-refractivity contribution in [2.24, 2.45) is 23.7 Å². The average molecular weight is 270 g/mol. The van der Waals surface area contributed by atoms with E-state index in [0.717, 1.165) is 29.7 Å². The number of rotatable bonds is 3. The lowest BCUT2D eigenvalue weighted by molar-refractivity contribution is -0.152. The maximum absolute atomic E-state index is 12.1. The van der Waals surface area contributed by atoms with Crippen molar-refractivity contribution in [1.29, 1.82) is 0 Å². The predicted octanol–water partition coefficient (Wildman–Crippen LogP) is 3.60. The first-order valence-electron chi connectivity index (χ1n) is 8.04. The summed E-state index contributed by atoms with van der Waals surface area (Å²) in [5, 5.41) is 0. The first kappa shape index (κ1) is 12.4. The number of benzene rings is 1. The Labute approximate surface area is 120 Å². The molecule has 2 bridgehead atoms. The summed E-state index contributed by atoms with van der Waals surface area (Å²) in [4.78, 5) is 12.1. The molecular formula is C18H22O2. The van der Waals surface area contributed by atoms with Gasteiger partial charge in [0.15, 0.2) is 0 Å². The second-order valence-corrected chi connectivity index (χ2v) is 6.84. The standard InChI is InChI=1S/C18H22O2/c19-18(9-12-5-2-1-3-6-12)20-17-11-13-10-16(17)15-8-4-7-14(13)15/h1-3,5-6,13-17H,4,7-11H2. The Morgan fingerprint density at radius 1 is 1.05 bits per heavy atom. The smallest absolute Gasteiger partial charge is 0.310 e. The van der Waals surface area contributed by atoms with Gasteiger partial charge in [0.25, 0.3) is 0 Å². The van der Waals surface area contributed by atoms with Crippen LogP contribution < -0.4 is 0 Å². The number of fused-ring (bicyclic) bond motifs is 5. The van der Waals surface area contributed by atoms with Gasteiger partial charge in [-0.15, -0.1) is 0 Å². The van der Waals surface area contributed by atoms with E-state index in [-0.39, 0.29) is 12.1 Å². The lowest BCUT2D eigenvalue weighted by atomic mass is 9.80. The Hall–Kier alpha value is -1.31. The van der Waals surface area contributed by atoms with Crippen LogP contribution in [0.25, 0.3) is 0 Å². The van der Waals surface area contributed by atoms with E-state index < -0.39 is 0 Å². The molecule has 3 fully saturated rings. The summed E-state index contributed by atoms with van der Waals surface area (Å²) in [6.45, 7) is 0. The van der Waals surface area contributed by atoms with Gasteiger partial charge in [-0.25, -0.2) is 0 Å². The maximum Gasteiger partial charge on any atom is 0.310 e. The fraction of sp³-hybridized carbons (Fsp3) is 0.611. The monoisotopic (exact) mass is 270 g/mol. The minimum atomic E-state index is -0.0386. The highest BCUT2D eigenvalue weighted by Gasteiger charge is 2.55. The molecule has 1 aromatic rings. The van der Waals surface area contributed by atoms with Crippen LogP contribution in [0, 0.1) is 23.7 Å². The molecule has 0 aromatic heterocycles. The molecule has 0 N–H and O–H groups in total. The molecule has 5 unspecified atom stereocenters. The minimum absolute atomic E-state index is 0.0386. The van der Waals surface area contributed by atoms with E-state index in [2.05, 4.69) is 0 Å². The lowest BCUT2D eigenvalue weighted by Gasteiger charge is -2.31. The summed E-state index contributed by atoms with van der Waals surface area (Å²) < 4.78 is 5.82. The van der Waals surface area contributed by atoms with Crippen LogP contribution in [0.5, 0.6) is 0 Å². The Morgan fingerprint density at radius 3 is 2.70 bits per heavy atom. The van der Waals surface area contributed by atoms with Crippen LogP contribution in [-0.4, -0.2) is 12.1 Å². The first-order chi connectivity index (χ1) is 9.81. The zero-order valence-electron chi connectivity index (χ0n) is 11.8. The van der Waals surface area contributed by atoms with Gasteiger partial charge in [0.05, 0.1) is 6.42 Å². The van der Waals surface area contributed by atoms with Crippen molar-refractivity contribution < 1.29 is 9.53 Å². The summed E-state index contributed by atoms with van der Waals surface area (Å²) in [5.41, 5.74) is 1.05. The highest BCUT2D eigenvalue weighted by Crippen LogP contribution is 2.59. The van der Waals surface area contributed by atoms with Gasteiger partial charge in [-0.1, -0.05) is 36.8 Å². The largest absolute Gasteiger partial charge is 0.462 e. The van der Waals surface area contributed by atoms with E-state index in [0.29, 0.717) is 12.3 Å². The quantitative estimate of drug-likeness (QED) is 0.784. The number of ether oxygens (including phenoxy) is 1. The molecule has 3 aliphatic carbocycles. The van der Waals surface area contributed by atoms with E-state index in [9.17, 15) is 4.79 Å². The van der Waals surface area contributed by atoms with Crippen LogP contribution in [0.3, 0.4) is 0 Å². The third-order valence-corrected chi connectivity index (χ3v) is 5.84. The second kappa shape index (κ2) is 4.91. The molecule has 2 nitrogen and oxygen atoms in total. The second-order valence-electron chi connectivity index (χ2n) is 6.84. The SMILES string of the molecule is O=C(Cc1ccccc1)OC1CC2CC1C1CCCC21. The van der Waals surface area contributed by atoms with Gasteiger partial charge < -0.3 is 4.74 Å². The fourth-order valence-corrected chi connectivity index (χ4v) is 5.11. The minimum Gasteiger partial charge on any atom is -0.462 e. The van der Waals surface area contributed by atoms with Crippen molar-refractivity contribution in [2.45, 2.75) is 44.6 Å². The van der Waals surface area contributed by atoms with E-state index in [4.69, 9.17) is 4.74 Å². The number of carbonyl (C=O) groups excluding carboxylic acids is 1. The van der Waals surface area contributed by atoms with Crippen molar-refractivity contribution in [3.8, 4) is 0 Å². The van der Waals surface area contributed by atoms with Crippen LogP contribution in [0.15, 0.2) is 30.3 Å². The lowest BCUT2D eigenvalue weighted by Crippen LogP contribution is -2.32. The third-order valence-electron chi connectivity index (χ3n) is 5.84. The van der Waals surface area contributed by atoms with E-state index in [1.807, 2.05) is 30.3 Å². The molecule has 106 valence electrons. The molecular weight excluding hydrogens is 248 g/mol. The van der Waals surface area contributed by atoms with Crippen molar-refractivity contribution in [3.63, 3.8) is 0 Å². The van der Waals surface area contributed by atoms with E-state index in [1.165, 1.54) is 25.7 Å². The molecule has 20 heavy (non-hydrogen) atoms. The number of hydrogen-bond donors (Lipinski definition) is 0. The van der Waals surface area contributed by atoms with Gasteiger partial charge in [-0.2, -0.15) is 0 Å². The Kier molecular flexibility index (Phi) is 3.05. The maximum atomic E-state index is 12.1. The predicted molar refractivity (Wildman–Crippen MR) is 77.1 cm³/mol. The van der Waals surface area contributed by atoms with Crippen LogP contribution in [0.1, 0.15) is 37.7 Å². The summed E-state index contributed by atoms with van der Waals surface area (Å²) in [6, 6.07) is 9.92. The zero-order valence-corrected chi connectivity index (χ0v) is 11.8. The first-order valence-corrected chi connectivity index (χ1v) is 8.04. The number of esters is 1. The molecule has 0 radical (unpaired) electrons. The van der Waals surface area contributed by atoms with Crippen molar-refractivity contribution in [3.05, 3.63) is 35.9 Å². The molecule has 0 spiro atoms. The normalized spacial score (nSPS) is 37.9. The van der Waals surface area contributed by atoms with Gasteiger partial charge in [0, 0.05) is 0 Å². The summed E-state index contributed by atoms with van der Waals surface area (Å²) >= 11 is 0. The number of hydrogen-bond acceptors (Lipinski definition) is 2. The molecule has 1 aromatic carbocycles. The van der Waals surface area contributed by atoms with Gasteiger partial charge in [-0.05, 0) is 54.9 Å². The summed E-state index contributed by atoms with van der Waals surface area (Å²) in [7, 11) is 0. The topological polar surface area (TPSA) is 26.3 Å².